The van der Waals surface area contributed by atoms with Crippen LogP contribution < -0.4 is 5.73 Å². The molecular formula is C10H23ClN2. The number of likely N-dealkylation sites (tertiary alicyclic amines) is 1. The maximum atomic E-state index is 5.84. The SMILES string of the molecule is CCC(C)(C)CN1CC[C@@H](N)C1.Cl. The van der Waals surface area contributed by atoms with Gasteiger partial charge in [0.25, 0.3) is 0 Å². The molecule has 80 valence electrons. The molecule has 0 bridgehead atoms. The van der Waals surface area contributed by atoms with E-state index in [1.807, 2.05) is 0 Å². The highest BCUT2D eigenvalue weighted by molar-refractivity contribution is 5.85. The minimum atomic E-state index is 0. The molecule has 13 heavy (non-hydrogen) atoms. The Morgan fingerprint density at radius 1 is 1.46 bits per heavy atom. The van der Waals surface area contributed by atoms with E-state index in [4.69, 9.17) is 5.73 Å². The second kappa shape index (κ2) is 5.18. The molecule has 0 saturated carbocycles. The normalized spacial score (nSPS) is 24.5. The van der Waals surface area contributed by atoms with Gasteiger partial charge in [0.2, 0.25) is 0 Å². The zero-order valence-electron chi connectivity index (χ0n) is 9.05. The molecule has 2 nitrogen and oxygen atoms in total. The number of halogens is 1. The van der Waals surface area contributed by atoms with E-state index in [0.717, 1.165) is 6.54 Å². The fraction of sp³-hybridized carbons (Fsp3) is 1.00. The molecule has 1 rings (SSSR count). The quantitative estimate of drug-likeness (QED) is 0.764. The van der Waals surface area contributed by atoms with Crippen LogP contribution in [0.1, 0.15) is 33.6 Å². The molecule has 0 aromatic carbocycles. The number of nitrogens with two attached hydrogens (primary N) is 1. The Morgan fingerprint density at radius 2 is 2.08 bits per heavy atom. The second-order valence-corrected chi connectivity index (χ2v) is 4.80. The van der Waals surface area contributed by atoms with E-state index in [9.17, 15) is 0 Å². The Hall–Kier alpha value is 0.210. The fourth-order valence-corrected chi connectivity index (χ4v) is 1.72. The van der Waals surface area contributed by atoms with Crippen molar-refractivity contribution in [3.05, 3.63) is 0 Å². The van der Waals surface area contributed by atoms with Crippen LogP contribution in [-0.2, 0) is 0 Å². The summed E-state index contributed by atoms with van der Waals surface area (Å²) < 4.78 is 0. The minimum Gasteiger partial charge on any atom is -0.326 e. The molecule has 0 unspecified atom stereocenters. The van der Waals surface area contributed by atoms with Gasteiger partial charge in [0.15, 0.2) is 0 Å². The van der Waals surface area contributed by atoms with E-state index < -0.39 is 0 Å². The molecule has 1 aliphatic rings. The number of rotatable bonds is 3. The average molecular weight is 207 g/mol. The van der Waals surface area contributed by atoms with E-state index in [-0.39, 0.29) is 12.4 Å². The first-order valence-corrected chi connectivity index (χ1v) is 5.01. The van der Waals surface area contributed by atoms with Crippen molar-refractivity contribution < 1.29 is 0 Å². The van der Waals surface area contributed by atoms with Gasteiger partial charge in [0.1, 0.15) is 0 Å². The van der Waals surface area contributed by atoms with Crippen LogP contribution in [0.3, 0.4) is 0 Å². The van der Waals surface area contributed by atoms with Crippen LogP contribution in [0.4, 0.5) is 0 Å². The van der Waals surface area contributed by atoms with Crippen molar-refractivity contribution in [3.63, 3.8) is 0 Å². The summed E-state index contributed by atoms with van der Waals surface area (Å²) in [7, 11) is 0. The largest absolute Gasteiger partial charge is 0.326 e. The average Bonchev–Trinajstić information content (AvgIpc) is 2.35. The van der Waals surface area contributed by atoms with Crippen LogP contribution in [0.15, 0.2) is 0 Å². The van der Waals surface area contributed by atoms with E-state index in [2.05, 4.69) is 25.7 Å². The summed E-state index contributed by atoms with van der Waals surface area (Å²) >= 11 is 0. The van der Waals surface area contributed by atoms with Gasteiger partial charge < -0.3 is 10.6 Å². The van der Waals surface area contributed by atoms with E-state index >= 15 is 0 Å². The lowest BCUT2D eigenvalue weighted by molar-refractivity contribution is 0.202. The topological polar surface area (TPSA) is 29.3 Å². The number of hydrogen-bond acceptors (Lipinski definition) is 2. The summed E-state index contributed by atoms with van der Waals surface area (Å²) in [6, 6.07) is 0.428. The smallest absolute Gasteiger partial charge is 0.0180 e. The number of nitrogens with zero attached hydrogens (tertiary/aromatic N) is 1. The highest BCUT2D eigenvalue weighted by Crippen LogP contribution is 2.23. The summed E-state index contributed by atoms with van der Waals surface area (Å²) in [4.78, 5) is 2.49. The highest BCUT2D eigenvalue weighted by atomic mass is 35.5. The zero-order valence-corrected chi connectivity index (χ0v) is 9.86. The Kier molecular flexibility index (Phi) is 5.26. The van der Waals surface area contributed by atoms with Gasteiger partial charge in [-0.2, -0.15) is 0 Å². The summed E-state index contributed by atoms with van der Waals surface area (Å²) in [5.74, 6) is 0. The first kappa shape index (κ1) is 13.2. The Bertz CT molecular complexity index is 148. The van der Waals surface area contributed by atoms with Gasteiger partial charge in [-0.3, -0.25) is 0 Å². The molecule has 3 heteroatoms. The van der Waals surface area contributed by atoms with Gasteiger partial charge in [0.05, 0.1) is 0 Å². The van der Waals surface area contributed by atoms with Gasteiger partial charge in [-0.05, 0) is 24.8 Å². The van der Waals surface area contributed by atoms with Crippen molar-refractivity contribution in [1.29, 1.82) is 0 Å². The van der Waals surface area contributed by atoms with Crippen LogP contribution in [0.5, 0.6) is 0 Å². The van der Waals surface area contributed by atoms with Crippen molar-refractivity contribution in [3.8, 4) is 0 Å². The van der Waals surface area contributed by atoms with Crippen molar-refractivity contribution in [1.82, 2.24) is 4.90 Å². The molecule has 1 aliphatic heterocycles. The third-order valence-corrected chi connectivity index (χ3v) is 2.92. The summed E-state index contributed by atoms with van der Waals surface area (Å²) in [5, 5.41) is 0. The molecule has 0 amide bonds. The highest BCUT2D eigenvalue weighted by Gasteiger charge is 2.24. The Labute approximate surface area is 88.3 Å². The van der Waals surface area contributed by atoms with Crippen LogP contribution >= 0.6 is 12.4 Å². The number of hydrogen-bond donors (Lipinski definition) is 1. The molecule has 1 atom stereocenters. The molecule has 0 spiro atoms. The fourth-order valence-electron chi connectivity index (χ4n) is 1.72. The molecule has 0 aromatic heterocycles. The molecule has 1 fully saturated rings. The van der Waals surface area contributed by atoms with Crippen LogP contribution in [0.25, 0.3) is 0 Å². The predicted octanol–water partition coefficient (Wildman–Crippen LogP) is 1.88. The molecule has 2 N–H and O–H groups in total. The molecule has 1 heterocycles. The van der Waals surface area contributed by atoms with Gasteiger partial charge in [0, 0.05) is 19.1 Å². The standard InChI is InChI=1S/C10H22N2.ClH/c1-4-10(2,3)8-12-6-5-9(11)7-12;/h9H,4-8,11H2,1-3H3;1H/t9-;/m1./s1. The zero-order chi connectivity index (χ0) is 9.19. The van der Waals surface area contributed by atoms with Crippen LogP contribution in [-0.4, -0.2) is 30.6 Å². The summed E-state index contributed by atoms with van der Waals surface area (Å²) in [6.45, 7) is 10.4. The van der Waals surface area contributed by atoms with Gasteiger partial charge in [-0.25, -0.2) is 0 Å². The third-order valence-electron chi connectivity index (χ3n) is 2.92. The maximum Gasteiger partial charge on any atom is 0.0180 e. The van der Waals surface area contributed by atoms with Crippen molar-refractivity contribution in [2.75, 3.05) is 19.6 Å². The first-order chi connectivity index (χ1) is 5.53. The van der Waals surface area contributed by atoms with E-state index in [1.54, 1.807) is 0 Å². The summed E-state index contributed by atoms with van der Waals surface area (Å²) in [5.41, 5.74) is 6.31. The van der Waals surface area contributed by atoms with Crippen molar-refractivity contribution in [2.24, 2.45) is 11.1 Å². The Morgan fingerprint density at radius 3 is 2.46 bits per heavy atom. The Balaban J connectivity index is 0.00000144. The summed E-state index contributed by atoms with van der Waals surface area (Å²) in [6.07, 6.45) is 2.43. The molecule has 0 aliphatic carbocycles. The predicted molar refractivity (Wildman–Crippen MR) is 60.4 cm³/mol. The maximum absolute atomic E-state index is 5.84. The molecule has 1 saturated heterocycles. The lowest BCUT2D eigenvalue weighted by atomic mass is 9.90. The third kappa shape index (κ3) is 4.30. The van der Waals surface area contributed by atoms with Gasteiger partial charge in [-0.1, -0.05) is 20.8 Å². The van der Waals surface area contributed by atoms with Crippen LogP contribution in [0.2, 0.25) is 0 Å². The van der Waals surface area contributed by atoms with Gasteiger partial charge in [-0.15, -0.1) is 12.4 Å². The van der Waals surface area contributed by atoms with E-state index in [0.29, 0.717) is 11.5 Å². The molecule has 0 radical (unpaired) electrons. The molecule has 0 aromatic rings. The van der Waals surface area contributed by atoms with Crippen molar-refractivity contribution in [2.45, 2.75) is 39.7 Å². The van der Waals surface area contributed by atoms with E-state index in [1.165, 1.54) is 25.9 Å². The first-order valence-electron chi connectivity index (χ1n) is 5.01. The lowest BCUT2D eigenvalue weighted by Gasteiger charge is -2.28. The minimum absolute atomic E-state index is 0. The monoisotopic (exact) mass is 206 g/mol. The van der Waals surface area contributed by atoms with Crippen molar-refractivity contribution >= 4 is 12.4 Å². The second-order valence-electron chi connectivity index (χ2n) is 4.80. The van der Waals surface area contributed by atoms with Gasteiger partial charge >= 0.3 is 0 Å². The lowest BCUT2D eigenvalue weighted by Crippen LogP contribution is -2.34. The molecular weight excluding hydrogens is 184 g/mol. The van der Waals surface area contributed by atoms with Crippen LogP contribution in [0, 0.1) is 5.41 Å².